The van der Waals surface area contributed by atoms with Gasteiger partial charge in [0.05, 0.1) is 6.61 Å². The second-order valence-electron chi connectivity index (χ2n) is 4.93. The van der Waals surface area contributed by atoms with Crippen LogP contribution in [0.1, 0.15) is 6.92 Å². The minimum absolute atomic E-state index is 0.653. The van der Waals surface area contributed by atoms with Crippen LogP contribution < -0.4 is 10.1 Å². The van der Waals surface area contributed by atoms with Crippen molar-refractivity contribution < 1.29 is 4.74 Å². The molecule has 0 heterocycles. The average Bonchev–Trinajstić information content (AvgIpc) is 2.58. The van der Waals surface area contributed by atoms with Crippen LogP contribution in [0.3, 0.4) is 0 Å². The number of anilines is 2. The van der Waals surface area contributed by atoms with Crippen LogP contribution in [-0.4, -0.2) is 6.61 Å². The van der Waals surface area contributed by atoms with Crippen LogP contribution >= 0.6 is 0 Å². The van der Waals surface area contributed by atoms with E-state index in [0.717, 1.165) is 28.3 Å². The third kappa shape index (κ3) is 3.29. The molecular weight excluding hydrogens is 270 g/mol. The maximum Gasteiger partial charge on any atom is 0.127 e. The standard InChI is InChI=1S/C20H18NO/c1-2-22-20-14-13-18(21-17-11-7-4-8-12-17)15-19(20)16-9-5-3-6-10-16/h3-7,9-15,21H,2H2,1H3. The summed E-state index contributed by atoms with van der Waals surface area (Å²) in [4.78, 5) is 0. The molecule has 0 aromatic heterocycles. The smallest absolute Gasteiger partial charge is 0.127 e. The number of ether oxygens (including phenoxy) is 1. The largest absolute Gasteiger partial charge is 0.493 e. The highest BCUT2D eigenvalue weighted by Crippen LogP contribution is 2.33. The molecule has 0 aliphatic heterocycles. The van der Waals surface area contributed by atoms with Crippen molar-refractivity contribution in [3.63, 3.8) is 0 Å². The van der Waals surface area contributed by atoms with E-state index in [-0.39, 0.29) is 0 Å². The van der Waals surface area contributed by atoms with Gasteiger partial charge in [0, 0.05) is 16.9 Å². The fourth-order valence-corrected chi connectivity index (χ4v) is 2.37. The quantitative estimate of drug-likeness (QED) is 0.688. The number of nitrogens with one attached hydrogen (secondary N) is 1. The first-order valence-corrected chi connectivity index (χ1v) is 7.42. The first kappa shape index (κ1) is 14.2. The molecule has 0 unspecified atom stereocenters. The van der Waals surface area contributed by atoms with Crippen LogP contribution in [-0.2, 0) is 0 Å². The van der Waals surface area contributed by atoms with Gasteiger partial charge in [-0.2, -0.15) is 0 Å². The molecule has 22 heavy (non-hydrogen) atoms. The highest BCUT2D eigenvalue weighted by molar-refractivity contribution is 5.76. The zero-order valence-electron chi connectivity index (χ0n) is 12.5. The fourth-order valence-electron chi connectivity index (χ4n) is 2.37. The van der Waals surface area contributed by atoms with Crippen molar-refractivity contribution in [2.24, 2.45) is 0 Å². The molecule has 0 bridgehead atoms. The molecule has 3 aromatic rings. The number of rotatable bonds is 5. The SMILES string of the molecule is CCOc1ccc(Nc2c[c]ccc2)cc1-c1ccccc1. The molecule has 0 spiro atoms. The third-order valence-corrected chi connectivity index (χ3v) is 3.36. The van der Waals surface area contributed by atoms with Crippen molar-refractivity contribution in [3.8, 4) is 16.9 Å². The first-order valence-electron chi connectivity index (χ1n) is 7.42. The molecule has 3 aromatic carbocycles. The van der Waals surface area contributed by atoms with E-state index in [2.05, 4.69) is 29.6 Å². The number of benzene rings is 3. The Kier molecular flexibility index (Phi) is 4.40. The fraction of sp³-hybridized carbons (Fsp3) is 0.100. The van der Waals surface area contributed by atoms with Crippen LogP contribution in [0.4, 0.5) is 11.4 Å². The Balaban J connectivity index is 1.97. The van der Waals surface area contributed by atoms with Crippen molar-refractivity contribution in [2.45, 2.75) is 6.92 Å². The van der Waals surface area contributed by atoms with Crippen LogP contribution in [0.5, 0.6) is 5.75 Å². The van der Waals surface area contributed by atoms with Crippen molar-refractivity contribution in [1.82, 2.24) is 0 Å². The molecule has 2 heteroatoms. The first-order chi connectivity index (χ1) is 10.9. The Morgan fingerprint density at radius 1 is 0.955 bits per heavy atom. The summed E-state index contributed by atoms with van der Waals surface area (Å²) in [6, 6.07) is 27.3. The zero-order chi connectivity index (χ0) is 15.2. The summed E-state index contributed by atoms with van der Waals surface area (Å²) in [6.45, 7) is 2.65. The molecule has 0 saturated carbocycles. The molecule has 0 aliphatic rings. The molecule has 0 aliphatic carbocycles. The van der Waals surface area contributed by atoms with Gasteiger partial charge in [-0.1, -0.05) is 42.5 Å². The van der Waals surface area contributed by atoms with Gasteiger partial charge in [-0.3, -0.25) is 0 Å². The van der Waals surface area contributed by atoms with Crippen molar-refractivity contribution in [3.05, 3.63) is 78.9 Å². The summed E-state index contributed by atoms with van der Waals surface area (Å²) in [6.07, 6.45) is 0. The van der Waals surface area contributed by atoms with Gasteiger partial charge in [-0.25, -0.2) is 0 Å². The van der Waals surface area contributed by atoms with E-state index in [9.17, 15) is 0 Å². The molecule has 0 amide bonds. The lowest BCUT2D eigenvalue weighted by Gasteiger charge is -2.13. The van der Waals surface area contributed by atoms with E-state index < -0.39 is 0 Å². The van der Waals surface area contributed by atoms with Crippen molar-refractivity contribution in [2.75, 3.05) is 11.9 Å². The molecule has 3 rings (SSSR count). The van der Waals surface area contributed by atoms with E-state index >= 15 is 0 Å². The van der Waals surface area contributed by atoms with Gasteiger partial charge in [0.25, 0.3) is 0 Å². The van der Waals surface area contributed by atoms with E-state index in [4.69, 9.17) is 4.74 Å². The Bertz CT molecular complexity index is 723. The lowest BCUT2D eigenvalue weighted by atomic mass is 10.0. The van der Waals surface area contributed by atoms with Crippen molar-refractivity contribution in [1.29, 1.82) is 0 Å². The van der Waals surface area contributed by atoms with E-state index in [1.54, 1.807) is 0 Å². The molecule has 2 nitrogen and oxygen atoms in total. The summed E-state index contributed by atoms with van der Waals surface area (Å²) in [5, 5.41) is 3.40. The monoisotopic (exact) mass is 288 g/mol. The highest BCUT2D eigenvalue weighted by Gasteiger charge is 2.07. The average molecular weight is 288 g/mol. The number of hydrogen-bond donors (Lipinski definition) is 1. The molecule has 0 saturated heterocycles. The Labute approximate surface area is 131 Å². The zero-order valence-corrected chi connectivity index (χ0v) is 12.5. The predicted molar refractivity (Wildman–Crippen MR) is 91.6 cm³/mol. The molecule has 0 fully saturated rings. The Morgan fingerprint density at radius 2 is 1.82 bits per heavy atom. The van der Waals surface area contributed by atoms with Gasteiger partial charge >= 0.3 is 0 Å². The van der Waals surface area contributed by atoms with E-state index in [0.29, 0.717) is 6.61 Å². The lowest BCUT2D eigenvalue weighted by Crippen LogP contribution is -1.96. The summed E-state index contributed by atoms with van der Waals surface area (Å²) >= 11 is 0. The van der Waals surface area contributed by atoms with Crippen LogP contribution in [0.2, 0.25) is 0 Å². The van der Waals surface area contributed by atoms with E-state index in [1.165, 1.54) is 0 Å². The minimum Gasteiger partial charge on any atom is -0.493 e. The van der Waals surface area contributed by atoms with Gasteiger partial charge in [0.1, 0.15) is 5.75 Å². The summed E-state index contributed by atoms with van der Waals surface area (Å²) < 4.78 is 5.76. The molecule has 1 N–H and O–H groups in total. The molecular formula is C20H18NO. The summed E-state index contributed by atoms with van der Waals surface area (Å²) in [7, 11) is 0. The van der Waals surface area contributed by atoms with Gasteiger partial charge < -0.3 is 10.1 Å². The molecule has 1 radical (unpaired) electrons. The molecule has 0 atom stereocenters. The normalized spacial score (nSPS) is 10.2. The maximum absolute atomic E-state index is 5.76. The van der Waals surface area contributed by atoms with Crippen LogP contribution in [0, 0.1) is 6.07 Å². The minimum atomic E-state index is 0.653. The highest BCUT2D eigenvalue weighted by atomic mass is 16.5. The van der Waals surface area contributed by atoms with Crippen LogP contribution in [0.25, 0.3) is 11.1 Å². The Hall–Kier alpha value is -2.74. The topological polar surface area (TPSA) is 21.3 Å². The van der Waals surface area contributed by atoms with E-state index in [1.807, 2.05) is 61.5 Å². The van der Waals surface area contributed by atoms with Crippen LogP contribution in [0.15, 0.2) is 72.8 Å². The van der Waals surface area contributed by atoms with Gasteiger partial charge in [-0.15, -0.1) is 0 Å². The van der Waals surface area contributed by atoms with Crippen molar-refractivity contribution >= 4 is 11.4 Å². The Morgan fingerprint density at radius 3 is 2.55 bits per heavy atom. The summed E-state index contributed by atoms with van der Waals surface area (Å²) in [5.74, 6) is 0.902. The van der Waals surface area contributed by atoms with Gasteiger partial charge in [0.15, 0.2) is 0 Å². The maximum atomic E-state index is 5.76. The second-order valence-corrected chi connectivity index (χ2v) is 4.93. The number of hydrogen-bond acceptors (Lipinski definition) is 2. The van der Waals surface area contributed by atoms with Gasteiger partial charge in [-0.05, 0) is 48.9 Å². The lowest BCUT2D eigenvalue weighted by molar-refractivity contribution is 0.341. The predicted octanol–water partition coefficient (Wildman–Crippen LogP) is 5.30. The summed E-state index contributed by atoms with van der Waals surface area (Å²) in [5.41, 5.74) is 4.29. The second kappa shape index (κ2) is 6.81. The third-order valence-electron chi connectivity index (χ3n) is 3.36. The molecule has 109 valence electrons. The van der Waals surface area contributed by atoms with Gasteiger partial charge in [0.2, 0.25) is 0 Å².